The Hall–Kier alpha value is -3.28. The van der Waals surface area contributed by atoms with Gasteiger partial charge in [-0.2, -0.15) is 0 Å². The minimum atomic E-state index is -1.10. The molecule has 0 saturated carbocycles. The molecule has 0 bridgehead atoms. The number of para-hydroxylation sites is 1. The fraction of sp³-hybridized carbons (Fsp3) is 0.111. The van der Waals surface area contributed by atoms with Crippen LogP contribution in [0.5, 0.6) is 11.5 Å². The van der Waals surface area contributed by atoms with Crippen LogP contribution in [0.1, 0.15) is 15.9 Å². The predicted molar refractivity (Wildman–Crippen MR) is 90.6 cm³/mol. The standard InChI is InChI=1S/C18H17NO5/c1-23-13-9-12(10-14(11-13)24-2)7-8-17(20)19-16-6-4-3-5-15(16)18(21)22/h3-11H,1-2H3,(H,19,20)(H,21,22). The van der Waals surface area contributed by atoms with Crippen molar-refractivity contribution >= 4 is 23.6 Å². The zero-order valence-electron chi connectivity index (χ0n) is 13.3. The molecule has 2 rings (SSSR count). The van der Waals surface area contributed by atoms with Gasteiger partial charge in [0.1, 0.15) is 11.5 Å². The van der Waals surface area contributed by atoms with Crippen LogP contribution in [0.2, 0.25) is 0 Å². The van der Waals surface area contributed by atoms with Gasteiger partial charge in [-0.3, -0.25) is 4.79 Å². The molecule has 0 atom stereocenters. The second-order valence-electron chi connectivity index (χ2n) is 4.82. The van der Waals surface area contributed by atoms with Crippen molar-refractivity contribution in [2.75, 3.05) is 19.5 Å². The van der Waals surface area contributed by atoms with Gasteiger partial charge in [0.15, 0.2) is 0 Å². The lowest BCUT2D eigenvalue weighted by molar-refractivity contribution is -0.111. The lowest BCUT2D eigenvalue weighted by atomic mass is 10.1. The number of amides is 1. The topological polar surface area (TPSA) is 84.9 Å². The molecule has 6 heteroatoms. The van der Waals surface area contributed by atoms with E-state index >= 15 is 0 Å². The van der Waals surface area contributed by atoms with Crippen LogP contribution in [0, 0.1) is 0 Å². The lowest BCUT2D eigenvalue weighted by Gasteiger charge is -2.07. The third kappa shape index (κ3) is 4.36. The van der Waals surface area contributed by atoms with E-state index in [-0.39, 0.29) is 11.3 Å². The zero-order chi connectivity index (χ0) is 17.5. The van der Waals surface area contributed by atoms with Gasteiger partial charge in [0.2, 0.25) is 5.91 Å². The highest BCUT2D eigenvalue weighted by Crippen LogP contribution is 2.23. The molecular formula is C18H17NO5. The van der Waals surface area contributed by atoms with Crippen LogP contribution in [0.15, 0.2) is 48.5 Å². The molecule has 0 aliphatic carbocycles. The molecule has 0 fully saturated rings. The summed E-state index contributed by atoms with van der Waals surface area (Å²) in [6.07, 6.45) is 2.90. The van der Waals surface area contributed by atoms with Gasteiger partial charge >= 0.3 is 5.97 Å². The lowest BCUT2D eigenvalue weighted by Crippen LogP contribution is -2.11. The maximum atomic E-state index is 12.0. The van der Waals surface area contributed by atoms with Gasteiger partial charge in [-0.1, -0.05) is 12.1 Å². The number of carbonyl (C=O) groups is 2. The molecule has 0 aliphatic heterocycles. The Bertz CT molecular complexity index is 760. The summed E-state index contributed by atoms with van der Waals surface area (Å²) >= 11 is 0. The zero-order valence-corrected chi connectivity index (χ0v) is 13.3. The second-order valence-corrected chi connectivity index (χ2v) is 4.82. The number of benzene rings is 2. The minimum Gasteiger partial charge on any atom is -0.497 e. The smallest absolute Gasteiger partial charge is 0.337 e. The largest absolute Gasteiger partial charge is 0.497 e. The number of nitrogens with one attached hydrogen (secondary N) is 1. The number of hydrogen-bond acceptors (Lipinski definition) is 4. The van der Waals surface area contributed by atoms with Crippen molar-refractivity contribution in [2.24, 2.45) is 0 Å². The van der Waals surface area contributed by atoms with Gasteiger partial charge in [0.25, 0.3) is 0 Å². The second kappa shape index (κ2) is 7.82. The van der Waals surface area contributed by atoms with Gasteiger partial charge < -0.3 is 19.9 Å². The van der Waals surface area contributed by atoms with E-state index in [1.807, 2.05) is 0 Å². The summed E-state index contributed by atoms with van der Waals surface area (Å²) in [4.78, 5) is 23.1. The van der Waals surface area contributed by atoms with E-state index in [2.05, 4.69) is 5.32 Å². The molecule has 2 N–H and O–H groups in total. The molecule has 124 valence electrons. The summed E-state index contributed by atoms with van der Waals surface area (Å²) in [5.41, 5.74) is 0.984. The number of aromatic carboxylic acids is 1. The summed E-state index contributed by atoms with van der Waals surface area (Å²) in [6, 6.07) is 11.4. The van der Waals surface area contributed by atoms with Crippen molar-refractivity contribution < 1.29 is 24.2 Å². The number of carboxylic acids is 1. The number of rotatable bonds is 6. The molecule has 0 aromatic heterocycles. The van der Waals surface area contributed by atoms with E-state index in [9.17, 15) is 9.59 Å². The number of methoxy groups -OCH3 is 2. The van der Waals surface area contributed by atoms with E-state index in [1.54, 1.807) is 36.4 Å². The molecule has 2 aromatic carbocycles. The monoisotopic (exact) mass is 327 g/mol. The van der Waals surface area contributed by atoms with Crippen LogP contribution in [0.25, 0.3) is 6.08 Å². The first kappa shape index (κ1) is 17.1. The first-order valence-electron chi connectivity index (χ1n) is 7.08. The predicted octanol–water partition coefficient (Wildman–Crippen LogP) is 3.05. The summed E-state index contributed by atoms with van der Waals surface area (Å²) < 4.78 is 10.3. The number of carboxylic acid groups (broad SMARTS) is 1. The highest BCUT2D eigenvalue weighted by Gasteiger charge is 2.10. The number of ether oxygens (including phenoxy) is 2. The quantitative estimate of drug-likeness (QED) is 0.797. The van der Waals surface area contributed by atoms with Crippen LogP contribution in [0.3, 0.4) is 0 Å². The molecule has 1 amide bonds. The molecule has 0 saturated heterocycles. The highest BCUT2D eigenvalue weighted by molar-refractivity contribution is 6.06. The van der Waals surface area contributed by atoms with Crippen molar-refractivity contribution in [3.05, 3.63) is 59.7 Å². The van der Waals surface area contributed by atoms with Crippen molar-refractivity contribution in [1.29, 1.82) is 0 Å². The fourth-order valence-electron chi connectivity index (χ4n) is 2.05. The van der Waals surface area contributed by atoms with E-state index in [0.717, 1.165) is 0 Å². The van der Waals surface area contributed by atoms with Crippen LogP contribution < -0.4 is 14.8 Å². The number of carbonyl (C=O) groups excluding carboxylic acids is 1. The Balaban J connectivity index is 2.15. The molecule has 0 heterocycles. The van der Waals surface area contributed by atoms with Crippen LogP contribution in [-0.2, 0) is 4.79 Å². The summed E-state index contributed by atoms with van der Waals surface area (Å²) in [7, 11) is 3.08. The summed E-state index contributed by atoms with van der Waals surface area (Å²) in [5, 5.41) is 11.7. The third-order valence-corrected chi connectivity index (χ3v) is 3.22. The maximum Gasteiger partial charge on any atom is 0.337 e. The molecule has 6 nitrogen and oxygen atoms in total. The Labute approximate surface area is 139 Å². The first-order valence-corrected chi connectivity index (χ1v) is 7.08. The van der Waals surface area contributed by atoms with Gasteiger partial charge in [-0.25, -0.2) is 4.79 Å². The van der Waals surface area contributed by atoms with Crippen LogP contribution in [-0.4, -0.2) is 31.2 Å². The van der Waals surface area contributed by atoms with E-state index in [0.29, 0.717) is 17.1 Å². The first-order chi connectivity index (χ1) is 11.5. The van der Waals surface area contributed by atoms with E-state index < -0.39 is 11.9 Å². The summed E-state index contributed by atoms with van der Waals surface area (Å²) in [6.45, 7) is 0. The Morgan fingerprint density at radius 1 is 1.04 bits per heavy atom. The Kier molecular flexibility index (Phi) is 5.57. The number of hydrogen-bond donors (Lipinski definition) is 2. The molecular weight excluding hydrogens is 310 g/mol. The van der Waals surface area contributed by atoms with Crippen LogP contribution in [0.4, 0.5) is 5.69 Å². The van der Waals surface area contributed by atoms with Crippen molar-refractivity contribution in [2.45, 2.75) is 0 Å². The minimum absolute atomic E-state index is 0.0299. The normalized spacial score (nSPS) is 10.4. The van der Waals surface area contributed by atoms with Gasteiger partial charge in [-0.05, 0) is 35.9 Å². The maximum absolute atomic E-state index is 12.0. The van der Waals surface area contributed by atoms with Gasteiger partial charge in [-0.15, -0.1) is 0 Å². The van der Waals surface area contributed by atoms with Crippen molar-refractivity contribution in [3.63, 3.8) is 0 Å². The fourth-order valence-corrected chi connectivity index (χ4v) is 2.05. The Morgan fingerprint density at radius 2 is 1.67 bits per heavy atom. The molecule has 0 unspecified atom stereocenters. The van der Waals surface area contributed by atoms with Gasteiger partial charge in [0, 0.05) is 12.1 Å². The molecule has 0 radical (unpaired) electrons. The van der Waals surface area contributed by atoms with Gasteiger partial charge in [0.05, 0.1) is 25.5 Å². The SMILES string of the molecule is COc1cc(C=CC(=O)Nc2ccccc2C(=O)O)cc(OC)c1. The van der Waals surface area contributed by atoms with E-state index in [4.69, 9.17) is 14.6 Å². The molecule has 24 heavy (non-hydrogen) atoms. The average Bonchev–Trinajstić information content (AvgIpc) is 2.59. The van der Waals surface area contributed by atoms with Crippen LogP contribution >= 0.6 is 0 Å². The van der Waals surface area contributed by atoms with E-state index in [1.165, 1.54) is 32.4 Å². The van der Waals surface area contributed by atoms with Crippen molar-refractivity contribution in [3.8, 4) is 11.5 Å². The number of anilines is 1. The molecule has 2 aromatic rings. The third-order valence-electron chi connectivity index (χ3n) is 3.22. The highest BCUT2D eigenvalue weighted by atomic mass is 16.5. The van der Waals surface area contributed by atoms with Crippen molar-refractivity contribution in [1.82, 2.24) is 0 Å². The Morgan fingerprint density at radius 3 is 2.25 bits per heavy atom. The average molecular weight is 327 g/mol. The summed E-state index contributed by atoms with van der Waals surface area (Å²) in [5.74, 6) is -0.339. The molecule has 0 spiro atoms. The molecule has 0 aliphatic rings.